The molecule has 0 radical (unpaired) electrons. The Morgan fingerprint density at radius 1 is 1.25 bits per heavy atom. The van der Waals surface area contributed by atoms with E-state index < -0.39 is 0 Å². The second-order valence-electron chi connectivity index (χ2n) is 1.41. The third-order valence-electron chi connectivity index (χ3n) is 0.824. The van der Waals surface area contributed by atoms with E-state index in [0.717, 1.165) is 0 Å². The summed E-state index contributed by atoms with van der Waals surface area (Å²) in [6.45, 7) is 0. The van der Waals surface area contributed by atoms with Gasteiger partial charge in [0.25, 0.3) is 0 Å². The minimum atomic E-state index is -0.367. The van der Waals surface area contributed by atoms with Crippen LogP contribution in [0.2, 0.25) is 5.02 Å². The van der Waals surface area contributed by atoms with Crippen molar-refractivity contribution in [3.63, 3.8) is 0 Å². The van der Waals surface area contributed by atoms with Gasteiger partial charge in [-0.25, -0.2) is 4.39 Å². The fraction of sp³-hybridized carbons (Fsp3) is 0. The van der Waals surface area contributed by atoms with E-state index in [1.807, 2.05) is 0 Å². The van der Waals surface area contributed by atoms with E-state index >= 15 is 0 Å². The first kappa shape index (κ1) is 5.57. The summed E-state index contributed by atoms with van der Waals surface area (Å²) in [5.41, 5.74) is 0. The third-order valence-corrected chi connectivity index (χ3v) is 1.13. The van der Waals surface area contributed by atoms with Gasteiger partial charge in [-0.15, -0.1) is 0 Å². The molecule has 0 aromatic heterocycles. The van der Waals surface area contributed by atoms with Gasteiger partial charge in [0.05, 0.1) is 5.02 Å². The molecule has 1 aromatic carbocycles. The van der Waals surface area contributed by atoms with Crippen LogP contribution >= 0.6 is 11.6 Å². The van der Waals surface area contributed by atoms with Gasteiger partial charge in [0, 0.05) is 0 Å². The SMILES string of the molecule is Fc1ccccc1Cl. The summed E-state index contributed by atoms with van der Waals surface area (Å²) in [7, 11) is 0. The number of hydrogen-bond acceptors (Lipinski definition) is 0. The zero-order valence-electron chi connectivity index (χ0n) is 4.07. The van der Waals surface area contributed by atoms with E-state index in [1.54, 1.807) is 12.1 Å². The van der Waals surface area contributed by atoms with Gasteiger partial charge in [-0.3, -0.25) is 0 Å². The van der Waals surface area contributed by atoms with Crippen LogP contribution in [0.5, 0.6) is 0 Å². The Labute approximate surface area is 51.9 Å². The van der Waals surface area contributed by atoms with Crippen molar-refractivity contribution in [2.24, 2.45) is 0 Å². The first-order chi connectivity index (χ1) is 3.80. The minimum absolute atomic E-state index is 0.174. The van der Waals surface area contributed by atoms with Gasteiger partial charge in [-0.2, -0.15) is 0 Å². The Bertz CT molecular complexity index is 165. The maximum absolute atomic E-state index is 12.2. The minimum Gasteiger partial charge on any atom is -0.205 e. The standard InChI is InChI=1S/C6H4ClF/c7-5-3-1-2-4-6(5)8/h1-4H. The largest absolute Gasteiger partial charge is 0.205 e. The van der Waals surface area contributed by atoms with Crippen LogP contribution in [0.1, 0.15) is 0 Å². The topological polar surface area (TPSA) is 0 Å². The predicted molar refractivity (Wildman–Crippen MR) is 31.4 cm³/mol. The van der Waals surface area contributed by atoms with Gasteiger partial charge < -0.3 is 0 Å². The molecule has 0 bridgehead atoms. The maximum atomic E-state index is 12.2. The van der Waals surface area contributed by atoms with Crippen LogP contribution in [0.3, 0.4) is 0 Å². The van der Waals surface area contributed by atoms with Crippen molar-refractivity contribution in [3.8, 4) is 0 Å². The molecule has 8 heavy (non-hydrogen) atoms. The van der Waals surface area contributed by atoms with Crippen molar-refractivity contribution in [2.75, 3.05) is 0 Å². The average Bonchev–Trinajstić information content (AvgIpc) is 1.77. The van der Waals surface area contributed by atoms with Crippen molar-refractivity contribution < 1.29 is 4.39 Å². The van der Waals surface area contributed by atoms with Crippen molar-refractivity contribution in [3.05, 3.63) is 35.1 Å². The zero-order chi connectivity index (χ0) is 5.98. The monoisotopic (exact) mass is 130 g/mol. The lowest BCUT2D eigenvalue weighted by Crippen LogP contribution is -1.70. The lowest BCUT2D eigenvalue weighted by Gasteiger charge is -1.86. The molecule has 0 heterocycles. The molecule has 0 amide bonds. The van der Waals surface area contributed by atoms with E-state index in [2.05, 4.69) is 0 Å². The van der Waals surface area contributed by atoms with Gasteiger partial charge in [-0.1, -0.05) is 23.7 Å². The Balaban J connectivity index is 3.13. The molecular weight excluding hydrogens is 127 g/mol. The summed E-state index contributed by atoms with van der Waals surface area (Å²) in [6, 6.07) is 6.12. The number of benzene rings is 1. The van der Waals surface area contributed by atoms with Crippen LogP contribution in [-0.4, -0.2) is 0 Å². The maximum Gasteiger partial charge on any atom is 0.141 e. The van der Waals surface area contributed by atoms with Crippen LogP contribution in [0.25, 0.3) is 0 Å². The first-order valence-electron chi connectivity index (χ1n) is 2.21. The number of rotatable bonds is 0. The molecule has 0 nitrogen and oxygen atoms in total. The van der Waals surface area contributed by atoms with Crippen LogP contribution in [0, 0.1) is 5.82 Å². The molecule has 0 fully saturated rings. The molecule has 0 saturated heterocycles. The van der Waals surface area contributed by atoms with Crippen molar-refractivity contribution >= 4 is 11.6 Å². The summed E-state index contributed by atoms with van der Waals surface area (Å²) in [5, 5.41) is 0.174. The smallest absolute Gasteiger partial charge is 0.141 e. The fourth-order valence-corrected chi connectivity index (χ4v) is 0.575. The lowest BCUT2D eigenvalue weighted by atomic mass is 10.4. The molecule has 0 aliphatic rings. The highest BCUT2D eigenvalue weighted by molar-refractivity contribution is 6.30. The molecule has 0 aliphatic carbocycles. The van der Waals surface area contributed by atoms with Gasteiger partial charge in [0.15, 0.2) is 0 Å². The molecule has 1 aromatic rings. The lowest BCUT2D eigenvalue weighted by molar-refractivity contribution is 0.628. The highest BCUT2D eigenvalue weighted by Gasteiger charge is 1.91. The molecule has 42 valence electrons. The highest BCUT2D eigenvalue weighted by Crippen LogP contribution is 2.11. The Morgan fingerprint density at radius 2 is 1.88 bits per heavy atom. The second-order valence-corrected chi connectivity index (χ2v) is 1.82. The van der Waals surface area contributed by atoms with E-state index in [1.165, 1.54) is 12.1 Å². The predicted octanol–water partition coefficient (Wildman–Crippen LogP) is 2.48. The molecule has 2 heteroatoms. The van der Waals surface area contributed by atoms with Gasteiger partial charge in [0.1, 0.15) is 5.82 Å². The molecule has 0 N–H and O–H groups in total. The van der Waals surface area contributed by atoms with Crippen LogP contribution < -0.4 is 0 Å². The summed E-state index contributed by atoms with van der Waals surface area (Å²) < 4.78 is 12.2. The van der Waals surface area contributed by atoms with E-state index in [4.69, 9.17) is 11.6 Å². The molecule has 0 spiro atoms. The highest BCUT2D eigenvalue weighted by atomic mass is 35.5. The first-order valence-corrected chi connectivity index (χ1v) is 2.58. The van der Waals surface area contributed by atoms with E-state index in [-0.39, 0.29) is 10.8 Å². The van der Waals surface area contributed by atoms with Crippen molar-refractivity contribution in [1.82, 2.24) is 0 Å². The molecule has 0 aliphatic heterocycles. The summed E-state index contributed by atoms with van der Waals surface area (Å²) in [5.74, 6) is -0.367. The molecule has 0 atom stereocenters. The average molecular weight is 131 g/mol. The van der Waals surface area contributed by atoms with Crippen LogP contribution in [-0.2, 0) is 0 Å². The summed E-state index contributed by atoms with van der Waals surface area (Å²) in [4.78, 5) is 0. The van der Waals surface area contributed by atoms with Gasteiger partial charge >= 0.3 is 0 Å². The third kappa shape index (κ3) is 0.984. The fourth-order valence-electron chi connectivity index (χ4n) is 0.439. The molecule has 1 rings (SSSR count). The number of hydrogen-bond donors (Lipinski definition) is 0. The van der Waals surface area contributed by atoms with Crippen molar-refractivity contribution in [2.45, 2.75) is 0 Å². The second kappa shape index (κ2) is 2.14. The quantitative estimate of drug-likeness (QED) is 0.506. The summed E-state index contributed by atoms with van der Waals surface area (Å²) >= 11 is 5.33. The Morgan fingerprint density at radius 3 is 2.25 bits per heavy atom. The Hall–Kier alpha value is -0.560. The summed E-state index contributed by atoms with van der Waals surface area (Å²) in [6.07, 6.45) is 0. The molecule has 0 unspecified atom stereocenters. The number of halogens is 2. The van der Waals surface area contributed by atoms with Gasteiger partial charge in [0.2, 0.25) is 0 Å². The van der Waals surface area contributed by atoms with E-state index in [0.29, 0.717) is 0 Å². The zero-order valence-corrected chi connectivity index (χ0v) is 4.82. The van der Waals surface area contributed by atoms with Crippen LogP contribution in [0.15, 0.2) is 24.3 Å². The molecular formula is C6H4ClF. The molecule has 0 saturated carbocycles. The van der Waals surface area contributed by atoms with Crippen LogP contribution in [0.4, 0.5) is 4.39 Å². The van der Waals surface area contributed by atoms with Crippen molar-refractivity contribution in [1.29, 1.82) is 0 Å². The van der Waals surface area contributed by atoms with E-state index in [9.17, 15) is 4.39 Å². The van der Waals surface area contributed by atoms with Gasteiger partial charge in [-0.05, 0) is 12.1 Å². The normalized spacial score (nSPS) is 9.25. The Kier molecular flexibility index (Phi) is 1.49.